The van der Waals surface area contributed by atoms with E-state index in [-0.39, 0.29) is 11.4 Å². The summed E-state index contributed by atoms with van der Waals surface area (Å²) in [6.45, 7) is 0. The first-order chi connectivity index (χ1) is 9.08. The van der Waals surface area contributed by atoms with Gasteiger partial charge in [-0.3, -0.25) is 9.78 Å². The summed E-state index contributed by atoms with van der Waals surface area (Å²) in [4.78, 5) is 24.9. The van der Waals surface area contributed by atoms with Crippen molar-refractivity contribution in [3.8, 4) is 23.1 Å². The number of aromatic nitrogens is 2. The average Bonchev–Trinajstić information content (AvgIpc) is 2.37. The van der Waals surface area contributed by atoms with E-state index in [2.05, 4.69) is 4.98 Å². The van der Waals surface area contributed by atoms with E-state index in [0.717, 1.165) is 10.6 Å². The minimum atomic E-state index is -0.767. The molecule has 100 valence electrons. The maximum absolute atomic E-state index is 11.8. The van der Waals surface area contributed by atoms with Crippen LogP contribution in [-0.4, -0.2) is 28.9 Å². The Balaban J connectivity index is 2.80. The quantitative estimate of drug-likeness (QED) is 0.828. The highest BCUT2D eigenvalue weighted by Gasteiger charge is 2.15. The second-order valence-electron chi connectivity index (χ2n) is 3.64. The highest BCUT2D eigenvalue weighted by atomic mass is 16.5. The number of rotatable bonds is 3. The number of aromatic hydroxyl groups is 1. The normalized spacial score (nSPS) is 10.2. The molecule has 0 spiro atoms. The predicted octanol–water partition coefficient (Wildman–Crippen LogP) is 0.249. The zero-order chi connectivity index (χ0) is 14.0. The maximum Gasteiger partial charge on any atom is 0.335 e. The lowest BCUT2D eigenvalue weighted by atomic mass is 10.2. The summed E-state index contributed by atoms with van der Waals surface area (Å²) in [5.41, 5.74) is -1.18. The van der Waals surface area contributed by atoms with Crippen LogP contribution in [0.15, 0.2) is 33.9 Å². The Morgan fingerprint density at radius 1 is 1.21 bits per heavy atom. The number of nitrogens with one attached hydrogen (secondary N) is 1. The Morgan fingerprint density at radius 3 is 2.53 bits per heavy atom. The van der Waals surface area contributed by atoms with Gasteiger partial charge in [0.15, 0.2) is 11.5 Å². The lowest BCUT2D eigenvalue weighted by Crippen LogP contribution is -2.28. The summed E-state index contributed by atoms with van der Waals surface area (Å²) in [5, 5.41) is 9.76. The highest BCUT2D eigenvalue weighted by molar-refractivity contribution is 5.56. The van der Waals surface area contributed by atoms with Crippen LogP contribution >= 0.6 is 0 Å². The first-order valence-corrected chi connectivity index (χ1v) is 5.35. The number of H-pyrrole nitrogens is 1. The molecule has 7 heteroatoms. The van der Waals surface area contributed by atoms with Crippen LogP contribution in [0.2, 0.25) is 0 Å². The van der Waals surface area contributed by atoms with Gasteiger partial charge in [0.1, 0.15) is 0 Å². The minimum Gasteiger partial charge on any atom is -0.494 e. The largest absolute Gasteiger partial charge is 0.494 e. The van der Waals surface area contributed by atoms with Crippen molar-refractivity contribution < 1.29 is 14.6 Å². The van der Waals surface area contributed by atoms with Crippen LogP contribution in [0.3, 0.4) is 0 Å². The van der Waals surface area contributed by atoms with Crippen molar-refractivity contribution in [3.05, 3.63) is 45.1 Å². The number of hydrogen-bond acceptors (Lipinski definition) is 5. The first-order valence-electron chi connectivity index (χ1n) is 5.35. The number of nitrogens with zero attached hydrogens (tertiary/aromatic N) is 1. The fourth-order valence-electron chi connectivity index (χ4n) is 1.76. The molecule has 1 heterocycles. The zero-order valence-electron chi connectivity index (χ0n) is 10.3. The molecule has 19 heavy (non-hydrogen) atoms. The van der Waals surface area contributed by atoms with Gasteiger partial charge in [-0.2, -0.15) is 0 Å². The minimum absolute atomic E-state index is 0.264. The van der Waals surface area contributed by atoms with Crippen LogP contribution < -0.4 is 20.7 Å². The number of benzene rings is 1. The molecule has 0 aliphatic heterocycles. The molecule has 2 aromatic rings. The molecule has 0 aliphatic carbocycles. The van der Waals surface area contributed by atoms with Gasteiger partial charge in [-0.15, -0.1) is 0 Å². The molecule has 1 aromatic heterocycles. The monoisotopic (exact) mass is 264 g/mol. The van der Waals surface area contributed by atoms with Gasteiger partial charge in [-0.25, -0.2) is 9.36 Å². The Morgan fingerprint density at radius 2 is 1.95 bits per heavy atom. The number of hydrogen-bond donors (Lipinski definition) is 2. The van der Waals surface area contributed by atoms with E-state index in [1.807, 2.05) is 0 Å². The molecule has 0 unspecified atom stereocenters. The van der Waals surface area contributed by atoms with E-state index in [1.54, 1.807) is 18.2 Å². The molecule has 7 nitrogen and oxygen atoms in total. The standard InChI is InChI=1S/C12H12N2O5/c1-18-8-5-3-4-7(11(8)19-2)14-10(16)6-9(15)13-12(14)17/h3-6,16H,1-2H3,(H,13,15,17). The van der Waals surface area contributed by atoms with Crippen molar-refractivity contribution in [1.29, 1.82) is 0 Å². The molecule has 0 amide bonds. The third kappa shape index (κ3) is 2.17. The van der Waals surface area contributed by atoms with E-state index in [0.29, 0.717) is 5.75 Å². The van der Waals surface area contributed by atoms with Crippen LogP contribution in [-0.2, 0) is 0 Å². The lowest BCUT2D eigenvalue weighted by molar-refractivity contribution is 0.351. The van der Waals surface area contributed by atoms with Crippen molar-refractivity contribution in [3.63, 3.8) is 0 Å². The molecule has 2 rings (SSSR count). The third-order valence-electron chi connectivity index (χ3n) is 2.55. The van der Waals surface area contributed by atoms with E-state index in [9.17, 15) is 14.7 Å². The SMILES string of the molecule is COc1cccc(-n2c(O)cc(=O)[nH]c2=O)c1OC. The average molecular weight is 264 g/mol. The van der Waals surface area contributed by atoms with Crippen LogP contribution in [0.5, 0.6) is 17.4 Å². The smallest absolute Gasteiger partial charge is 0.335 e. The van der Waals surface area contributed by atoms with Gasteiger partial charge < -0.3 is 14.6 Å². The van der Waals surface area contributed by atoms with Gasteiger partial charge in [0, 0.05) is 0 Å². The topological polar surface area (TPSA) is 93.5 Å². The molecule has 0 atom stereocenters. The first kappa shape index (κ1) is 12.7. The van der Waals surface area contributed by atoms with Gasteiger partial charge in [-0.05, 0) is 12.1 Å². The molecule has 0 saturated carbocycles. The van der Waals surface area contributed by atoms with Crippen molar-refractivity contribution in [2.75, 3.05) is 14.2 Å². The molecule has 0 fully saturated rings. The molecule has 0 radical (unpaired) electrons. The molecule has 0 saturated heterocycles. The number of aromatic amines is 1. The summed E-state index contributed by atoms with van der Waals surface area (Å²) < 4.78 is 11.2. The van der Waals surface area contributed by atoms with Crippen LogP contribution in [0, 0.1) is 0 Å². The number of methoxy groups -OCH3 is 2. The number of para-hydroxylation sites is 1. The van der Waals surface area contributed by atoms with Gasteiger partial charge in [-0.1, -0.05) is 6.07 Å². The summed E-state index contributed by atoms with van der Waals surface area (Å²) in [5.74, 6) is 0.187. The lowest BCUT2D eigenvalue weighted by Gasteiger charge is -2.14. The van der Waals surface area contributed by atoms with E-state index >= 15 is 0 Å². The van der Waals surface area contributed by atoms with E-state index < -0.39 is 17.1 Å². The van der Waals surface area contributed by atoms with Crippen LogP contribution in [0.25, 0.3) is 5.69 Å². The molecule has 2 N–H and O–H groups in total. The second kappa shape index (κ2) is 4.89. The molecule has 1 aromatic carbocycles. The Bertz CT molecular complexity index is 717. The van der Waals surface area contributed by atoms with E-state index in [1.165, 1.54) is 14.2 Å². The van der Waals surface area contributed by atoms with E-state index in [4.69, 9.17) is 9.47 Å². The Hall–Kier alpha value is -2.70. The predicted molar refractivity (Wildman–Crippen MR) is 67.4 cm³/mol. The van der Waals surface area contributed by atoms with Crippen LogP contribution in [0.1, 0.15) is 0 Å². The number of ether oxygens (including phenoxy) is 2. The van der Waals surface area contributed by atoms with Crippen molar-refractivity contribution in [1.82, 2.24) is 9.55 Å². The highest BCUT2D eigenvalue weighted by Crippen LogP contribution is 2.33. The fourth-order valence-corrected chi connectivity index (χ4v) is 1.76. The Kier molecular flexibility index (Phi) is 3.28. The summed E-state index contributed by atoms with van der Waals surface area (Å²) in [7, 11) is 2.87. The maximum atomic E-state index is 11.8. The molecule has 0 bridgehead atoms. The van der Waals surface area contributed by atoms with Crippen molar-refractivity contribution >= 4 is 0 Å². The fraction of sp³-hybridized carbons (Fsp3) is 0.167. The summed E-state index contributed by atoms with van der Waals surface area (Å²) >= 11 is 0. The molecular formula is C12H12N2O5. The van der Waals surface area contributed by atoms with Crippen molar-refractivity contribution in [2.45, 2.75) is 0 Å². The van der Waals surface area contributed by atoms with Crippen molar-refractivity contribution in [2.24, 2.45) is 0 Å². The second-order valence-corrected chi connectivity index (χ2v) is 3.64. The third-order valence-corrected chi connectivity index (χ3v) is 2.55. The van der Waals surface area contributed by atoms with Crippen LogP contribution in [0.4, 0.5) is 0 Å². The van der Waals surface area contributed by atoms with Gasteiger partial charge >= 0.3 is 5.69 Å². The molecular weight excluding hydrogens is 252 g/mol. The Labute approximate surface area is 107 Å². The van der Waals surface area contributed by atoms with Gasteiger partial charge in [0.05, 0.1) is 26.0 Å². The summed E-state index contributed by atoms with van der Waals surface area (Å²) in [6.07, 6.45) is 0. The summed E-state index contributed by atoms with van der Waals surface area (Å²) in [6, 6.07) is 5.74. The van der Waals surface area contributed by atoms with Gasteiger partial charge in [0.2, 0.25) is 5.88 Å². The molecule has 0 aliphatic rings. The van der Waals surface area contributed by atoms with Gasteiger partial charge in [0.25, 0.3) is 5.56 Å². The zero-order valence-corrected chi connectivity index (χ0v) is 10.3.